The summed E-state index contributed by atoms with van der Waals surface area (Å²) < 4.78 is 45.1. The molecule has 0 heterocycles. The van der Waals surface area contributed by atoms with E-state index in [-0.39, 0.29) is 62.0 Å². The Bertz CT molecular complexity index is 1880. The lowest BCUT2D eigenvalue weighted by Gasteiger charge is -2.31. The number of esters is 4. The second-order valence-corrected chi connectivity index (χ2v) is 17.4. The fraction of sp³-hybridized carbons (Fsp3) is 0.549. The van der Waals surface area contributed by atoms with Crippen LogP contribution >= 0.6 is 0 Å². The van der Waals surface area contributed by atoms with Gasteiger partial charge in [-0.2, -0.15) is 5.26 Å². The highest BCUT2D eigenvalue weighted by Gasteiger charge is 2.36. The minimum atomic E-state index is -1.29. The van der Waals surface area contributed by atoms with Crippen molar-refractivity contribution in [3.05, 3.63) is 89.3 Å². The van der Waals surface area contributed by atoms with E-state index in [4.69, 9.17) is 23.7 Å². The molecule has 62 heavy (non-hydrogen) atoms. The average Bonchev–Trinajstić information content (AvgIpc) is 3.24. The van der Waals surface area contributed by atoms with Crippen LogP contribution in [0.15, 0.2) is 66.8 Å². The predicted octanol–water partition coefficient (Wildman–Crippen LogP) is 11.0. The number of benzene rings is 2. The van der Waals surface area contributed by atoms with E-state index in [0.717, 1.165) is 37.2 Å². The Morgan fingerprint density at radius 2 is 1.32 bits per heavy atom. The molecule has 0 aromatic heterocycles. The van der Waals surface area contributed by atoms with E-state index in [0.29, 0.717) is 59.6 Å². The van der Waals surface area contributed by atoms with Crippen LogP contribution in [0.1, 0.15) is 135 Å². The largest absolute Gasteiger partial charge is 0.492 e. The summed E-state index contributed by atoms with van der Waals surface area (Å²) in [5.74, 6) is -1.56. The van der Waals surface area contributed by atoms with Gasteiger partial charge in [0.15, 0.2) is 0 Å². The van der Waals surface area contributed by atoms with Crippen LogP contribution in [0.25, 0.3) is 11.1 Å². The van der Waals surface area contributed by atoms with Crippen molar-refractivity contribution in [2.45, 2.75) is 131 Å². The lowest BCUT2D eigenvalue weighted by molar-refractivity contribution is -0.156. The zero-order valence-electron chi connectivity index (χ0n) is 38.0. The van der Waals surface area contributed by atoms with Crippen molar-refractivity contribution in [3.8, 4) is 22.9 Å². The summed E-state index contributed by atoms with van der Waals surface area (Å²) in [5.41, 5.74) is 2.74. The van der Waals surface area contributed by atoms with Gasteiger partial charge in [-0.05, 0) is 124 Å². The van der Waals surface area contributed by atoms with Crippen molar-refractivity contribution in [2.75, 3.05) is 33.0 Å². The van der Waals surface area contributed by atoms with E-state index in [1.54, 1.807) is 33.8 Å². The molecule has 338 valence electrons. The van der Waals surface area contributed by atoms with E-state index in [2.05, 4.69) is 32.7 Å². The van der Waals surface area contributed by atoms with E-state index >= 15 is 4.39 Å². The van der Waals surface area contributed by atoms with Crippen LogP contribution in [-0.4, -0.2) is 56.9 Å². The number of carbonyl (C=O) groups is 4. The molecule has 3 rings (SSSR count). The van der Waals surface area contributed by atoms with Gasteiger partial charge in [-0.3, -0.25) is 4.79 Å². The standard InChI is InChI=1S/C51H68FNO9/c1-10-11-12-15-38-18-20-39(21-19-38)40-22-23-44(45(52)30-40)43-28-41(16-13-26-58-47(54)34(2)3)46(42(29-43)17-14-27-59-48(55)35(4)5)60-31-51(24-25-53,32-61-49(56)36(6)7)33-62-50(57)37(8)9/h22-23,28-30,37-39H,2,4,6,10-21,24,26-27,31-33H2,1,3,5,7-9H3. The number of unbranched alkanes of at least 4 members (excludes halogenated alkanes) is 2. The van der Waals surface area contributed by atoms with Gasteiger partial charge in [-0.15, -0.1) is 0 Å². The number of nitriles is 1. The Hall–Kier alpha value is -5.24. The maximum absolute atomic E-state index is 16.4. The van der Waals surface area contributed by atoms with E-state index in [1.165, 1.54) is 32.6 Å². The van der Waals surface area contributed by atoms with Crippen LogP contribution in [0.2, 0.25) is 0 Å². The normalized spacial score (nSPS) is 15.7. The summed E-state index contributed by atoms with van der Waals surface area (Å²) in [4.78, 5) is 49.8. The zero-order chi connectivity index (χ0) is 45.8. The van der Waals surface area contributed by atoms with Gasteiger partial charge in [0.1, 0.15) is 31.4 Å². The van der Waals surface area contributed by atoms with Crippen LogP contribution in [0, 0.1) is 34.4 Å². The lowest BCUT2D eigenvalue weighted by Crippen LogP contribution is -2.40. The topological polar surface area (TPSA) is 138 Å². The second-order valence-electron chi connectivity index (χ2n) is 17.4. The molecule has 2 aromatic carbocycles. The van der Waals surface area contributed by atoms with Gasteiger partial charge < -0.3 is 23.7 Å². The molecule has 0 N–H and O–H groups in total. The second kappa shape index (κ2) is 25.6. The van der Waals surface area contributed by atoms with E-state index in [1.807, 2.05) is 24.3 Å². The molecule has 0 aliphatic heterocycles. The van der Waals surface area contributed by atoms with Crippen LogP contribution in [0.4, 0.5) is 4.39 Å². The van der Waals surface area contributed by atoms with E-state index < -0.39 is 35.2 Å². The Balaban J connectivity index is 2.10. The van der Waals surface area contributed by atoms with Crippen molar-refractivity contribution < 1.29 is 47.3 Å². The first-order chi connectivity index (χ1) is 29.5. The van der Waals surface area contributed by atoms with Gasteiger partial charge in [-0.1, -0.05) is 78.3 Å². The highest BCUT2D eigenvalue weighted by atomic mass is 19.1. The van der Waals surface area contributed by atoms with Gasteiger partial charge in [0.05, 0.1) is 37.0 Å². The molecule has 1 saturated carbocycles. The summed E-state index contributed by atoms with van der Waals surface area (Å²) in [7, 11) is 0. The zero-order valence-corrected chi connectivity index (χ0v) is 38.0. The average molecular weight is 858 g/mol. The van der Waals surface area contributed by atoms with Crippen LogP contribution in [0.3, 0.4) is 0 Å². The van der Waals surface area contributed by atoms with Crippen molar-refractivity contribution in [1.82, 2.24) is 0 Å². The van der Waals surface area contributed by atoms with E-state index in [9.17, 15) is 24.4 Å². The molecule has 1 fully saturated rings. The predicted molar refractivity (Wildman–Crippen MR) is 239 cm³/mol. The highest BCUT2D eigenvalue weighted by Crippen LogP contribution is 2.40. The third-order valence-electron chi connectivity index (χ3n) is 11.3. The van der Waals surface area contributed by atoms with Crippen molar-refractivity contribution in [2.24, 2.45) is 17.3 Å². The molecule has 1 aliphatic carbocycles. The molecular formula is C51H68FNO9. The number of aryl methyl sites for hydroxylation is 2. The summed E-state index contributed by atoms with van der Waals surface area (Å²) in [5, 5.41) is 10.0. The molecule has 11 heteroatoms. The molecule has 0 amide bonds. The van der Waals surface area contributed by atoms with Crippen molar-refractivity contribution in [1.29, 1.82) is 5.26 Å². The number of ether oxygens (including phenoxy) is 5. The summed E-state index contributed by atoms with van der Waals surface area (Å²) >= 11 is 0. The SMILES string of the molecule is C=C(C)C(=O)OCCCc1cc(-c2ccc(C3CCC(CCCCC)CC3)cc2F)cc(CCCOC(=O)C(=C)C)c1OCC(CC#N)(COC(=O)C(=C)C)COC(=O)C(C)C. The molecule has 10 nitrogen and oxygen atoms in total. The fourth-order valence-electron chi connectivity index (χ4n) is 7.46. The third-order valence-corrected chi connectivity index (χ3v) is 11.3. The number of nitrogens with zero attached hydrogens (tertiary/aromatic N) is 1. The van der Waals surface area contributed by atoms with Crippen molar-refractivity contribution >= 4 is 23.9 Å². The number of halogens is 1. The van der Waals surface area contributed by atoms with Gasteiger partial charge in [0.2, 0.25) is 0 Å². The lowest BCUT2D eigenvalue weighted by atomic mass is 9.77. The Kier molecular flexibility index (Phi) is 21.1. The Morgan fingerprint density at radius 3 is 1.82 bits per heavy atom. The van der Waals surface area contributed by atoms with Crippen LogP contribution in [-0.2, 0) is 51.0 Å². The van der Waals surface area contributed by atoms with Gasteiger partial charge in [0, 0.05) is 22.3 Å². The molecule has 0 radical (unpaired) electrons. The molecule has 0 bridgehead atoms. The minimum Gasteiger partial charge on any atom is -0.492 e. The maximum atomic E-state index is 16.4. The molecule has 0 saturated heterocycles. The first-order valence-corrected chi connectivity index (χ1v) is 22.1. The summed E-state index contributed by atoms with van der Waals surface area (Å²) in [6.45, 7) is 20.5. The van der Waals surface area contributed by atoms with Gasteiger partial charge in [-0.25, -0.2) is 18.8 Å². The Labute approximate surface area is 368 Å². The number of hydrogen-bond donors (Lipinski definition) is 0. The minimum absolute atomic E-state index is 0.0752. The van der Waals surface area contributed by atoms with Gasteiger partial charge in [0.25, 0.3) is 0 Å². The molecule has 2 aromatic rings. The van der Waals surface area contributed by atoms with Crippen molar-refractivity contribution in [3.63, 3.8) is 0 Å². The smallest absolute Gasteiger partial charge is 0.333 e. The third kappa shape index (κ3) is 16.2. The number of hydrogen-bond acceptors (Lipinski definition) is 10. The van der Waals surface area contributed by atoms with Crippen LogP contribution in [0.5, 0.6) is 5.75 Å². The number of rotatable bonds is 26. The molecule has 0 spiro atoms. The molecular weight excluding hydrogens is 790 g/mol. The molecule has 1 atom stereocenters. The quantitative estimate of drug-likeness (QED) is 0.0389. The molecule has 1 aliphatic rings. The first-order valence-electron chi connectivity index (χ1n) is 22.1. The van der Waals surface area contributed by atoms with Crippen LogP contribution < -0.4 is 4.74 Å². The molecule has 1 unspecified atom stereocenters. The maximum Gasteiger partial charge on any atom is 0.333 e. The van der Waals surface area contributed by atoms with Gasteiger partial charge >= 0.3 is 23.9 Å². The summed E-state index contributed by atoms with van der Waals surface area (Å²) in [6.07, 6.45) is 10.6. The Morgan fingerprint density at radius 1 is 0.774 bits per heavy atom. The summed E-state index contributed by atoms with van der Waals surface area (Å²) in [6, 6.07) is 11.4. The highest BCUT2D eigenvalue weighted by molar-refractivity contribution is 5.87. The number of carbonyl (C=O) groups excluding carboxylic acids is 4. The monoisotopic (exact) mass is 857 g/mol. The fourth-order valence-corrected chi connectivity index (χ4v) is 7.46. The first kappa shape index (κ1) is 51.1.